The normalized spacial score (nSPS) is 10.2. The highest BCUT2D eigenvalue weighted by molar-refractivity contribution is 8.01. The summed E-state index contributed by atoms with van der Waals surface area (Å²) in [6.07, 6.45) is -0.0157. The molecule has 0 saturated heterocycles. The summed E-state index contributed by atoms with van der Waals surface area (Å²) >= 11 is 8.74. The number of carboxylic acids is 1. The predicted octanol–water partition coefficient (Wildman–Crippen LogP) is 3.75. The largest absolute Gasteiger partial charge is 0.481 e. The smallest absolute Gasteiger partial charge is 0.308 e. The Morgan fingerprint density at radius 1 is 1.60 bits per heavy atom. The van der Waals surface area contributed by atoms with Gasteiger partial charge in [0, 0.05) is 9.77 Å². The van der Waals surface area contributed by atoms with Gasteiger partial charge in [0.15, 0.2) is 4.34 Å². The van der Waals surface area contributed by atoms with Crippen molar-refractivity contribution in [1.82, 2.24) is 4.98 Å². The SMILES string of the molecule is Cc1nc(Sc2ccc(C#N)c(Cl)c2)sc1CC(=O)O. The van der Waals surface area contributed by atoms with Gasteiger partial charge in [0.2, 0.25) is 0 Å². The summed E-state index contributed by atoms with van der Waals surface area (Å²) in [4.78, 5) is 16.7. The first-order chi connectivity index (χ1) is 9.49. The number of hydrogen-bond donors (Lipinski definition) is 1. The van der Waals surface area contributed by atoms with E-state index >= 15 is 0 Å². The highest BCUT2D eigenvalue weighted by Crippen LogP contribution is 2.34. The van der Waals surface area contributed by atoms with Crippen molar-refractivity contribution in [3.63, 3.8) is 0 Å². The van der Waals surface area contributed by atoms with Crippen LogP contribution < -0.4 is 0 Å². The highest BCUT2D eigenvalue weighted by atomic mass is 35.5. The summed E-state index contributed by atoms with van der Waals surface area (Å²) in [6, 6.07) is 7.16. The lowest BCUT2D eigenvalue weighted by atomic mass is 10.2. The highest BCUT2D eigenvalue weighted by Gasteiger charge is 2.12. The molecule has 0 aliphatic rings. The summed E-state index contributed by atoms with van der Waals surface area (Å²) in [5.41, 5.74) is 1.16. The maximum atomic E-state index is 10.7. The third kappa shape index (κ3) is 3.51. The van der Waals surface area contributed by atoms with Crippen LogP contribution in [-0.4, -0.2) is 16.1 Å². The van der Waals surface area contributed by atoms with Gasteiger partial charge in [-0.25, -0.2) is 4.98 Å². The summed E-state index contributed by atoms with van der Waals surface area (Å²) in [7, 11) is 0. The summed E-state index contributed by atoms with van der Waals surface area (Å²) in [6.45, 7) is 1.80. The van der Waals surface area contributed by atoms with Crippen LogP contribution >= 0.6 is 34.7 Å². The van der Waals surface area contributed by atoms with Gasteiger partial charge in [-0.15, -0.1) is 11.3 Å². The molecule has 0 aliphatic carbocycles. The second-order valence-electron chi connectivity index (χ2n) is 3.91. The Morgan fingerprint density at radius 3 is 2.95 bits per heavy atom. The average molecular weight is 325 g/mol. The van der Waals surface area contributed by atoms with E-state index in [0.29, 0.717) is 10.6 Å². The molecule has 2 rings (SSSR count). The quantitative estimate of drug-likeness (QED) is 0.927. The molecule has 7 heteroatoms. The molecule has 2 aromatic rings. The van der Waals surface area contributed by atoms with Crippen LogP contribution in [-0.2, 0) is 11.2 Å². The number of aliphatic carboxylic acids is 1. The molecule has 1 N–H and O–H groups in total. The molecule has 0 atom stereocenters. The standard InChI is InChI=1S/C13H9ClN2O2S2/c1-7-11(5-12(17)18)20-13(16-7)19-9-3-2-8(6-15)10(14)4-9/h2-4H,5H2,1H3,(H,17,18). The lowest BCUT2D eigenvalue weighted by molar-refractivity contribution is -0.136. The second kappa shape index (κ2) is 6.27. The Morgan fingerprint density at radius 2 is 2.35 bits per heavy atom. The summed E-state index contributed by atoms with van der Waals surface area (Å²) in [5, 5.41) is 18.0. The van der Waals surface area contributed by atoms with Gasteiger partial charge in [-0.3, -0.25) is 4.79 Å². The van der Waals surface area contributed by atoms with E-state index in [1.54, 1.807) is 25.1 Å². The fourth-order valence-corrected chi connectivity index (χ4v) is 4.02. The third-order valence-corrected chi connectivity index (χ3v) is 4.97. The predicted molar refractivity (Wildman–Crippen MR) is 78.5 cm³/mol. The Hall–Kier alpha value is -1.55. The number of aromatic nitrogens is 1. The second-order valence-corrected chi connectivity index (χ2v) is 6.73. The van der Waals surface area contributed by atoms with Crippen molar-refractivity contribution >= 4 is 40.7 Å². The zero-order valence-corrected chi connectivity index (χ0v) is 12.8. The number of benzene rings is 1. The number of carboxylic acid groups (broad SMARTS) is 1. The molecule has 0 saturated carbocycles. The molecule has 0 aliphatic heterocycles. The van der Waals surface area contributed by atoms with Crippen molar-refractivity contribution in [1.29, 1.82) is 5.26 Å². The Kier molecular flexibility index (Phi) is 4.65. The molecular formula is C13H9ClN2O2S2. The molecule has 0 radical (unpaired) electrons. The number of rotatable bonds is 4. The fraction of sp³-hybridized carbons (Fsp3) is 0.154. The minimum Gasteiger partial charge on any atom is -0.481 e. The number of carbonyl (C=O) groups is 1. The Balaban J connectivity index is 2.20. The molecule has 1 heterocycles. The van der Waals surface area contributed by atoms with Gasteiger partial charge < -0.3 is 5.11 Å². The van der Waals surface area contributed by atoms with Gasteiger partial charge in [-0.2, -0.15) is 5.26 Å². The average Bonchev–Trinajstić information content (AvgIpc) is 2.69. The van der Waals surface area contributed by atoms with Crippen LogP contribution in [0.1, 0.15) is 16.1 Å². The van der Waals surface area contributed by atoms with E-state index in [9.17, 15) is 4.79 Å². The van der Waals surface area contributed by atoms with Crippen LogP contribution in [0.4, 0.5) is 0 Å². The number of nitrogens with zero attached hydrogens (tertiary/aromatic N) is 2. The van der Waals surface area contributed by atoms with Crippen LogP contribution in [0.15, 0.2) is 27.4 Å². The number of nitriles is 1. The van der Waals surface area contributed by atoms with E-state index in [1.165, 1.54) is 23.1 Å². The monoisotopic (exact) mass is 324 g/mol. The van der Waals surface area contributed by atoms with Crippen molar-refractivity contribution in [2.24, 2.45) is 0 Å². The first kappa shape index (κ1) is 14.9. The molecule has 0 unspecified atom stereocenters. The van der Waals surface area contributed by atoms with Gasteiger partial charge in [0.25, 0.3) is 0 Å². The van der Waals surface area contributed by atoms with Crippen molar-refractivity contribution in [3.05, 3.63) is 39.4 Å². The van der Waals surface area contributed by atoms with E-state index < -0.39 is 5.97 Å². The van der Waals surface area contributed by atoms with Gasteiger partial charge in [0.1, 0.15) is 6.07 Å². The Labute approximate surface area is 129 Å². The molecule has 1 aromatic heterocycles. The van der Waals surface area contributed by atoms with E-state index in [0.717, 1.165) is 19.8 Å². The van der Waals surface area contributed by atoms with Crippen LogP contribution in [0, 0.1) is 18.3 Å². The van der Waals surface area contributed by atoms with Gasteiger partial charge in [-0.05, 0) is 25.1 Å². The number of thiazole rings is 1. The van der Waals surface area contributed by atoms with E-state index in [-0.39, 0.29) is 6.42 Å². The minimum atomic E-state index is -0.866. The van der Waals surface area contributed by atoms with Crippen LogP contribution in [0.3, 0.4) is 0 Å². The van der Waals surface area contributed by atoms with E-state index in [2.05, 4.69) is 4.98 Å². The minimum absolute atomic E-state index is 0.0157. The lowest BCUT2D eigenvalue weighted by Crippen LogP contribution is -1.99. The zero-order chi connectivity index (χ0) is 14.7. The van der Waals surface area contributed by atoms with Gasteiger partial charge in [-0.1, -0.05) is 23.4 Å². The van der Waals surface area contributed by atoms with Crippen molar-refractivity contribution < 1.29 is 9.90 Å². The molecule has 1 aromatic carbocycles. The maximum Gasteiger partial charge on any atom is 0.308 e. The molecule has 4 nitrogen and oxygen atoms in total. The topological polar surface area (TPSA) is 74.0 Å². The van der Waals surface area contributed by atoms with Crippen LogP contribution in [0.2, 0.25) is 5.02 Å². The fourth-order valence-electron chi connectivity index (χ4n) is 1.50. The number of aryl methyl sites for hydroxylation is 1. The van der Waals surface area contributed by atoms with Crippen LogP contribution in [0.25, 0.3) is 0 Å². The van der Waals surface area contributed by atoms with Crippen molar-refractivity contribution in [2.45, 2.75) is 22.6 Å². The summed E-state index contributed by atoms with van der Waals surface area (Å²) < 4.78 is 0.763. The van der Waals surface area contributed by atoms with Crippen LogP contribution in [0.5, 0.6) is 0 Å². The molecule has 102 valence electrons. The van der Waals surface area contributed by atoms with Crippen molar-refractivity contribution in [2.75, 3.05) is 0 Å². The van der Waals surface area contributed by atoms with E-state index in [4.69, 9.17) is 22.0 Å². The molecule has 0 fully saturated rings. The molecular weight excluding hydrogens is 316 g/mol. The lowest BCUT2D eigenvalue weighted by Gasteiger charge is -1.99. The maximum absolute atomic E-state index is 10.7. The van der Waals surface area contributed by atoms with Gasteiger partial charge in [0.05, 0.1) is 22.7 Å². The third-order valence-electron chi connectivity index (χ3n) is 2.45. The molecule has 0 amide bonds. The number of halogens is 1. The molecule has 0 spiro atoms. The Bertz CT molecular complexity index is 707. The zero-order valence-electron chi connectivity index (χ0n) is 10.4. The van der Waals surface area contributed by atoms with Crippen molar-refractivity contribution in [3.8, 4) is 6.07 Å². The first-order valence-corrected chi connectivity index (χ1v) is 7.56. The first-order valence-electron chi connectivity index (χ1n) is 5.55. The molecule has 20 heavy (non-hydrogen) atoms. The van der Waals surface area contributed by atoms with E-state index in [1.807, 2.05) is 6.07 Å². The molecule has 0 bridgehead atoms. The van der Waals surface area contributed by atoms with Gasteiger partial charge >= 0.3 is 5.97 Å². The summed E-state index contributed by atoms with van der Waals surface area (Å²) in [5.74, 6) is -0.866. The number of hydrogen-bond acceptors (Lipinski definition) is 5.